The third kappa shape index (κ3) is 4.57. The van der Waals surface area contributed by atoms with Crippen LogP contribution >= 0.6 is 0 Å². The number of ether oxygens (including phenoxy) is 1. The minimum absolute atomic E-state index is 0.00545. The van der Waals surface area contributed by atoms with E-state index >= 15 is 0 Å². The average molecular weight is 339 g/mol. The molecular weight excluding hydrogens is 314 g/mol. The Hall–Kier alpha value is -2.40. The van der Waals surface area contributed by atoms with E-state index < -0.39 is 5.54 Å². The molecule has 2 atom stereocenters. The van der Waals surface area contributed by atoms with Gasteiger partial charge in [0.15, 0.2) is 0 Å². The zero-order valence-corrected chi connectivity index (χ0v) is 14.6. The Bertz CT molecular complexity index is 716. The van der Waals surface area contributed by atoms with E-state index in [0.29, 0.717) is 12.4 Å². The van der Waals surface area contributed by atoms with Gasteiger partial charge in [0.25, 0.3) is 0 Å². The molecule has 1 aliphatic carbocycles. The minimum Gasteiger partial charge on any atom is -0.489 e. The molecule has 5 heteroatoms. The van der Waals surface area contributed by atoms with Crippen molar-refractivity contribution < 1.29 is 9.53 Å². The van der Waals surface area contributed by atoms with E-state index in [-0.39, 0.29) is 11.8 Å². The van der Waals surface area contributed by atoms with Crippen LogP contribution in [0, 0.1) is 5.92 Å². The third-order valence-corrected chi connectivity index (χ3v) is 4.80. The number of carbonyl (C=O) groups excluding carboxylic acids is 1. The monoisotopic (exact) mass is 339 g/mol. The van der Waals surface area contributed by atoms with Gasteiger partial charge in [-0.15, -0.1) is 0 Å². The number of benzene rings is 1. The van der Waals surface area contributed by atoms with Crippen LogP contribution in [0.25, 0.3) is 0 Å². The molecule has 0 aliphatic heterocycles. The number of rotatable bonds is 5. The molecule has 1 fully saturated rings. The van der Waals surface area contributed by atoms with Crippen LogP contribution in [-0.2, 0) is 11.4 Å². The van der Waals surface area contributed by atoms with Crippen LogP contribution in [-0.4, -0.2) is 16.4 Å². The van der Waals surface area contributed by atoms with Gasteiger partial charge in [-0.1, -0.05) is 25.0 Å². The van der Waals surface area contributed by atoms with E-state index in [4.69, 9.17) is 10.5 Å². The topological polar surface area (TPSA) is 77.2 Å². The van der Waals surface area contributed by atoms with Gasteiger partial charge in [-0.3, -0.25) is 9.78 Å². The van der Waals surface area contributed by atoms with Crippen molar-refractivity contribution in [1.82, 2.24) is 4.98 Å². The lowest BCUT2D eigenvalue weighted by molar-refractivity contribution is -0.122. The highest BCUT2D eigenvalue weighted by Gasteiger charge is 2.37. The Balaban J connectivity index is 1.62. The molecule has 2 unspecified atom stereocenters. The zero-order valence-electron chi connectivity index (χ0n) is 14.6. The summed E-state index contributed by atoms with van der Waals surface area (Å²) >= 11 is 0. The first kappa shape index (κ1) is 17.4. The molecule has 1 aromatic carbocycles. The van der Waals surface area contributed by atoms with Gasteiger partial charge in [-0.05, 0) is 38.0 Å². The summed E-state index contributed by atoms with van der Waals surface area (Å²) in [5, 5.41) is 2.99. The van der Waals surface area contributed by atoms with Crippen molar-refractivity contribution in [2.75, 3.05) is 5.32 Å². The highest BCUT2D eigenvalue weighted by atomic mass is 16.5. The molecule has 1 heterocycles. The van der Waals surface area contributed by atoms with Gasteiger partial charge in [0, 0.05) is 35.2 Å². The van der Waals surface area contributed by atoms with Crippen LogP contribution in [0.5, 0.6) is 5.75 Å². The number of nitrogens with zero attached hydrogens (tertiary/aromatic N) is 1. The molecule has 0 saturated heterocycles. The molecule has 0 bridgehead atoms. The van der Waals surface area contributed by atoms with Crippen LogP contribution in [0.4, 0.5) is 5.69 Å². The van der Waals surface area contributed by atoms with Gasteiger partial charge >= 0.3 is 0 Å². The van der Waals surface area contributed by atoms with Crippen molar-refractivity contribution in [1.29, 1.82) is 0 Å². The largest absolute Gasteiger partial charge is 0.489 e. The van der Waals surface area contributed by atoms with Crippen molar-refractivity contribution in [3.63, 3.8) is 0 Å². The maximum Gasteiger partial charge on any atom is 0.229 e. The third-order valence-electron chi connectivity index (χ3n) is 4.80. The van der Waals surface area contributed by atoms with Crippen LogP contribution in [0.1, 0.15) is 38.2 Å². The fourth-order valence-corrected chi connectivity index (χ4v) is 3.33. The van der Waals surface area contributed by atoms with Crippen molar-refractivity contribution in [3.05, 3.63) is 54.4 Å². The summed E-state index contributed by atoms with van der Waals surface area (Å²) < 4.78 is 5.78. The maximum absolute atomic E-state index is 12.6. The molecule has 0 radical (unpaired) electrons. The number of aromatic nitrogens is 1. The summed E-state index contributed by atoms with van der Waals surface area (Å²) in [6.07, 6.45) is 7.38. The molecule has 1 aliphatic rings. The van der Waals surface area contributed by atoms with E-state index in [1.807, 2.05) is 43.3 Å². The lowest BCUT2D eigenvalue weighted by Crippen LogP contribution is -2.51. The maximum atomic E-state index is 12.6. The molecule has 25 heavy (non-hydrogen) atoms. The van der Waals surface area contributed by atoms with Gasteiger partial charge in [0.1, 0.15) is 12.4 Å². The number of amides is 1. The summed E-state index contributed by atoms with van der Waals surface area (Å²) in [5.41, 5.74) is 7.62. The van der Waals surface area contributed by atoms with E-state index in [0.717, 1.165) is 36.9 Å². The van der Waals surface area contributed by atoms with E-state index in [1.54, 1.807) is 12.4 Å². The van der Waals surface area contributed by atoms with Crippen molar-refractivity contribution >= 4 is 11.6 Å². The predicted molar refractivity (Wildman–Crippen MR) is 98.2 cm³/mol. The molecular formula is C20H25N3O2. The number of hydrogen-bond donors (Lipinski definition) is 2. The van der Waals surface area contributed by atoms with E-state index in [2.05, 4.69) is 10.3 Å². The summed E-state index contributed by atoms with van der Waals surface area (Å²) in [6, 6.07) is 11.3. The lowest BCUT2D eigenvalue weighted by atomic mass is 9.74. The standard InChI is InChI=1S/C20H25N3O2/c1-20(21)10-3-2-9-18(20)19(24)23-16-7-4-8-17(12-16)25-14-15-6-5-11-22-13-15/h4-8,11-13,18H,2-3,9-10,14,21H2,1H3,(H,23,24). The van der Waals surface area contributed by atoms with E-state index in [9.17, 15) is 4.79 Å². The predicted octanol–water partition coefficient (Wildman–Crippen LogP) is 3.51. The molecule has 132 valence electrons. The Kier molecular flexibility index (Phi) is 5.34. The van der Waals surface area contributed by atoms with Crippen molar-refractivity contribution in [3.8, 4) is 5.75 Å². The smallest absolute Gasteiger partial charge is 0.229 e. The zero-order chi connectivity index (χ0) is 17.7. The molecule has 3 rings (SSSR count). The number of carbonyl (C=O) groups is 1. The van der Waals surface area contributed by atoms with Crippen molar-refractivity contribution in [2.45, 2.75) is 44.8 Å². The molecule has 1 saturated carbocycles. The van der Waals surface area contributed by atoms with E-state index in [1.165, 1.54) is 0 Å². The Morgan fingerprint density at radius 3 is 3.00 bits per heavy atom. The number of hydrogen-bond acceptors (Lipinski definition) is 4. The molecule has 5 nitrogen and oxygen atoms in total. The second-order valence-electron chi connectivity index (χ2n) is 6.97. The van der Waals surface area contributed by atoms with Crippen molar-refractivity contribution in [2.24, 2.45) is 11.7 Å². The van der Waals surface area contributed by atoms with Crippen LogP contribution < -0.4 is 15.8 Å². The summed E-state index contributed by atoms with van der Waals surface area (Å²) in [6.45, 7) is 2.42. The number of nitrogens with two attached hydrogens (primary N) is 1. The molecule has 0 spiro atoms. The van der Waals surface area contributed by atoms with Crippen LogP contribution in [0.2, 0.25) is 0 Å². The minimum atomic E-state index is -0.434. The summed E-state index contributed by atoms with van der Waals surface area (Å²) in [7, 11) is 0. The number of nitrogens with one attached hydrogen (secondary N) is 1. The van der Waals surface area contributed by atoms with Gasteiger partial charge in [-0.25, -0.2) is 0 Å². The fraction of sp³-hybridized carbons (Fsp3) is 0.400. The van der Waals surface area contributed by atoms with Gasteiger partial charge in [0.05, 0.1) is 5.92 Å². The summed E-state index contributed by atoms with van der Waals surface area (Å²) in [4.78, 5) is 16.7. The van der Waals surface area contributed by atoms with Gasteiger partial charge < -0.3 is 15.8 Å². The molecule has 3 N–H and O–H groups in total. The lowest BCUT2D eigenvalue weighted by Gasteiger charge is -2.37. The normalized spacial score (nSPS) is 23.0. The first-order chi connectivity index (χ1) is 12.0. The second-order valence-corrected chi connectivity index (χ2v) is 6.97. The SMILES string of the molecule is CC1(N)CCCCC1C(=O)Nc1cccc(OCc2cccnc2)c1. The average Bonchev–Trinajstić information content (AvgIpc) is 2.61. The first-order valence-electron chi connectivity index (χ1n) is 8.76. The van der Waals surface area contributed by atoms with Crippen LogP contribution in [0.3, 0.4) is 0 Å². The fourth-order valence-electron chi connectivity index (χ4n) is 3.33. The molecule has 1 aromatic heterocycles. The number of pyridine rings is 1. The first-order valence-corrected chi connectivity index (χ1v) is 8.76. The second kappa shape index (κ2) is 7.66. The Morgan fingerprint density at radius 1 is 1.36 bits per heavy atom. The molecule has 2 aromatic rings. The molecule has 1 amide bonds. The highest BCUT2D eigenvalue weighted by molar-refractivity contribution is 5.93. The quantitative estimate of drug-likeness (QED) is 0.874. The Labute approximate surface area is 148 Å². The van der Waals surface area contributed by atoms with Gasteiger partial charge in [0.2, 0.25) is 5.91 Å². The number of anilines is 1. The van der Waals surface area contributed by atoms with Crippen LogP contribution in [0.15, 0.2) is 48.8 Å². The summed E-state index contributed by atoms with van der Waals surface area (Å²) in [5.74, 6) is 0.552. The Morgan fingerprint density at radius 2 is 2.24 bits per heavy atom. The highest BCUT2D eigenvalue weighted by Crippen LogP contribution is 2.32. The van der Waals surface area contributed by atoms with Gasteiger partial charge in [-0.2, -0.15) is 0 Å².